The van der Waals surface area contributed by atoms with Crippen LogP contribution in [0.3, 0.4) is 0 Å². The smallest absolute Gasteiger partial charge is 0.410 e. The first-order chi connectivity index (χ1) is 11.7. The van der Waals surface area contributed by atoms with E-state index < -0.39 is 11.4 Å². The van der Waals surface area contributed by atoms with Crippen LogP contribution in [0.25, 0.3) is 0 Å². The molecule has 0 radical (unpaired) electrons. The van der Waals surface area contributed by atoms with E-state index in [0.29, 0.717) is 26.2 Å². The van der Waals surface area contributed by atoms with Crippen LogP contribution in [0.15, 0.2) is 18.2 Å². The Balaban J connectivity index is 1.60. The van der Waals surface area contributed by atoms with Gasteiger partial charge in [0.15, 0.2) is 0 Å². The fraction of sp³-hybridized carbons (Fsp3) is 0.611. The van der Waals surface area contributed by atoms with E-state index in [4.69, 9.17) is 21.1 Å². The molecule has 138 valence electrons. The van der Waals surface area contributed by atoms with E-state index in [1.165, 1.54) is 6.07 Å². The number of hydrogen-bond donors (Lipinski definition) is 0. The minimum Gasteiger partial charge on any atom is -0.444 e. The Bertz CT molecular complexity index is 650. The van der Waals surface area contributed by atoms with E-state index in [0.717, 1.165) is 12.1 Å². The van der Waals surface area contributed by atoms with Crippen molar-refractivity contribution in [3.05, 3.63) is 34.6 Å². The average molecular weight is 371 g/mol. The minimum atomic E-state index is -0.496. The summed E-state index contributed by atoms with van der Waals surface area (Å²) in [6, 6.07) is 4.85. The second-order valence-corrected chi connectivity index (χ2v) is 7.98. The number of benzene rings is 1. The number of ether oxygens (including phenoxy) is 2. The van der Waals surface area contributed by atoms with Gasteiger partial charge < -0.3 is 14.4 Å². The van der Waals surface area contributed by atoms with Crippen molar-refractivity contribution >= 4 is 17.7 Å². The molecule has 7 heteroatoms. The second-order valence-electron chi connectivity index (χ2n) is 7.57. The fourth-order valence-corrected chi connectivity index (χ4v) is 3.38. The summed E-state index contributed by atoms with van der Waals surface area (Å²) in [5.74, 6) is -0.426. The topological polar surface area (TPSA) is 42.0 Å². The Morgan fingerprint density at radius 1 is 1.32 bits per heavy atom. The van der Waals surface area contributed by atoms with Crippen LogP contribution in [-0.4, -0.2) is 60.3 Å². The van der Waals surface area contributed by atoms with Gasteiger partial charge in [0.1, 0.15) is 11.4 Å². The van der Waals surface area contributed by atoms with Crippen LogP contribution in [0, 0.1) is 5.82 Å². The molecule has 1 amide bonds. The van der Waals surface area contributed by atoms with E-state index in [1.54, 1.807) is 17.0 Å². The van der Waals surface area contributed by atoms with Crippen molar-refractivity contribution in [3.63, 3.8) is 0 Å². The van der Waals surface area contributed by atoms with Crippen LogP contribution in [0.4, 0.5) is 9.18 Å². The van der Waals surface area contributed by atoms with Crippen molar-refractivity contribution < 1.29 is 18.7 Å². The van der Waals surface area contributed by atoms with Crippen LogP contribution in [0.5, 0.6) is 0 Å². The third-order valence-electron chi connectivity index (χ3n) is 4.46. The summed E-state index contributed by atoms with van der Waals surface area (Å²) in [6.45, 7) is 8.79. The van der Waals surface area contributed by atoms with Gasteiger partial charge in [-0.25, -0.2) is 9.18 Å². The molecule has 0 aliphatic carbocycles. The molecule has 0 N–H and O–H groups in total. The van der Waals surface area contributed by atoms with Gasteiger partial charge in [0.2, 0.25) is 0 Å². The molecule has 1 aromatic carbocycles. The van der Waals surface area contributed by atoms with Gasteiger partial charge in [0.25, 0.3) is 0 Å². The van der Waals surface area contributed by atoms with Crippen LogP contribution < -0.4 is 0 Å². The number of hydrogen-bond acceptors (Lipinski definition) is 4. The molecular weight excluding hydrogens is 347 g/mol. The molecule has 5 nitrogen and oxygen atoms in total. The Hall–Kier alpha value is -1.37. The maximum atomic E-state index is 13.3. The molecule has 2 atom stereocenters. The van der Waals surface area contributed by atoms with E-state index in [9.17, 15) is 9.18 Å². The number of nitrogens with zero attached hydrogens (tertiary/aromatic N) is 2. The van der Waals surface area contributed by atoms with Crippen LogP contribution >= 0.6 is 11.6 Å². The maximum absolute atomic E-state index is 13.3. The third-order valence-corrected chi connectivity index (χ3v) is 4.75. The molecule has 2 aliphatic rings. The van der Waals surface area contributed by atoms with Gasteiger partial charge in [-0.2, -0.15) is 0 Å². The molecule has 0 saturated carbocycles. The van der Waals surface area contributed by atoms with E-state index >= 15 is 0 Å². The predicted molar refractivity (Wildman–Crippen MR) is 93.3 cm³/mol. The number of carbonyl (C=O) groups is 1. The van der Waals surface area contributed by atoms with Gasteiger partial charge in [-0.15, -0.1) is 0 Å². The van der Waals surface area contributed by atoms with Gasteiger partial charge in [0, 0.05) is 26.2 Å². The monoisotopic (exact) mass is 370 g/mol. The highest BCUT2D eigenvalue weighted by Crippen LogP contribution is 2.29. The molecule has 2 fully saturated rings. The van der Waals surface area contributed by atoms with Crippen molar-refractivity contribution in [3.8, 4) is 0 Å². The van der Waals surface area contributed by atoms with Crippen LogP contribution in [-0.2, 0) is 9.47 Å². The van der Waals surface area contributed by atoms with Crippen molar-refractivity contribution in [2.24, 2.45) is 0 Å². The van der Waals surface area contributed by atoms with E-state index in [2.05, 4.69) is 4.90 Å². The molecule has 0 bridgehead atoms. The van der Waals surface area contributed by atoms with Gasteiger partial charge >= 0.3 is 6.09 Å². The predicted octanol–water partition coefficient (Wildman–Crippen LogP) is 3.47. The number of carbonyl (C=O) groups excluding carboxylic acids is 1. The molecule has 0 spiro atoms. The highest BCUT2D eigenvalue weighted by Gasteiger charge is 2.36. The third kappa shape index (κ3) is 4.43. The Morgan fingerprint density at radius 2 is 2.08 bits per heavy atom. The lowest BCUT2D eigenvalue weighted by Gasteiger charge is -2.46. The molecule has 0 unspecified atom stereocenters. The fourth-order valence-electron chi connectivity index (χ4n) is 3.19. The molecule has 1 aromatic rings. The standard InChI is InChI=1S/C18H24ClFN2O3/c1-18(2,3)25-17(23)22-7-6-21-10-16(24-11-13(21)9-22)12-4-5-15(20)14(19)8-12/h4-5,8,13,16H,6-7,9-11H2,1-3H3/t13-,16-/m0/s1. The minimum absolute atomic E-state index is 0.109. The van der Waals surface area contributed by atoms with Gasteiger partial charge in [-0.1, -0.05) is 17.7 Å². The molecule has 2 heterocycles. The summed E-state index contributed by atoms with van der Waals surface area (Å²) in [5.41, 5.74) is 0.379. The quantitative estimate of drug-likeness (QED) is 0.759. The lowest BCUT2D eigenvalue weighted by atomic mass is 10.0. The van der Waals surface area contributed by atoms with Crippen molar-refractivity contribution in [2.75, 3.05) is 32.8 Å². The second kappa shape index (κ2) is 7.09. The summed E-state index contributed by atoms with van der Waals surface area (Å²) >= 11 is 5.87. The van der Waals surface area contributed by atoms with Crippen molar-refractivity contribution in [2.45, 2.75) is 38.5 Å². The molecule has 2 aliphatic heterocycles. The molecule has 25 heavy (non-hydrogen) atoms. The number of halogens is 2. The first-order valence-electron chi connectivity index (χ1n) is 8.51. The summed E-state index contributed by atoms with van der Waals surface area (Å²) < 4.78 is 24.7. The van der Waals surface area contributed by atoms with Gasteiger partial charge in [-0.05, 0) is 38.5 Å². The number of fused-ring (bicyclic) bond motifs is 1. The lowest BCUT2D eigenvalue weighted by Crippen LogP contribution is -2.59. The zero-order chi connectivity index (χ0) is 18.2. The van der Waals surface area contributed by atoms with Crippen LogP contribution in [0.2, 0.25) is 5.02 Å². The number of morpholine rings is 1. The molecule has 0 aromatic heterocycles. The Labute approximate surface area is 152 Å². The van der Waals surface area contributed by atoms with Gasteiger partial charge in [0.05, 0.1) is 23.8 Å². The van der Waals surface area contributed by atoms with E-state index in [-0.39, 0.29) is 23.3 Å². The zero-order valence-electron chi connectivity index (χ0n) is 14.8. The Kier molecular flexibility index (Phi) is 5.23. The number of amides is 1. The zero-order valence-corrected chi connectivity index (χ0v) is 15.6. The SMILES string of the molecule is CC(C)(C)OC(=O)N1CCN2C[C@@H](c3ccc(F)c(Cl)c3)OC[C@@H]2C1. The Morgan fingerprint density at radius 3 is 2.76 bits per heavy atom. The summed E-state index contributed by atoms with van der Waals surface area (Å²) in [6.07, 6.45) is -0.415. The highest BCUT2D eigenvalue weighted by atomic mass is 35.5. The van der Waals surface area contributed by atoms with E-state index in [1.807, 2.05) is 20.8 Å². The molecular formula is C18H24ClFN2O3. The first-order valence-corrected chi connectivity index (χ1v) is 8.89. The summed E-state index contributed by atoms with van der Waals surface area (Å²) in [4.78, 5) is 16.3. The number of rotatable bonds is 1. The summed E-state index contributed by atoms with van der Waals surface area (Å²) in [7, 11) is 0. The largest absolute Gasteiger partial charge is 0.444 e. The summed E-state index contributed by atoms with van der Waals surface area (Å²) in [5, 5.41) is 0.109. The molecule has 2 saturated heterocycles. The van der Waals surface area contributed by atoms with Gasteiger partial charge in [-0.3, -0.25) is 4.90 Å². The van der Waals surface area contributed by atoms with Crippen LogP contribution in [0.1, 0.15) is 32.4 Å². The highest BCUT2D eigenvalue weighted by molar-refractivity contribution is 6.30. The molecule has 3 rings (SSSR count). The normalized spacial score (nSPS) is 24.8. The average Bonchev–Trinajstić information content (AvgIpc) is 2.55. The van der Waals surface area contributed by atoms with Crippen molar-refractivity contribution in [1.29, 1.82) is 0 Å². The number of piperazine rings is 1. The first kappa shape index (κ1) is 18.4. The maximum Gasteiger partial charge on any atom is 0.410 e. The lowest BCUT2D eigenvalue weighted by molar-refractivity contribution is -0.0906. The van der Waals surface area contributed by atoms with Crippen molar-refractivity contribution in [1.82, 2.24) is 9.80 Å².